The third kappa shape index (κ3) is 1.77. The Morgan fingerprint density at radius 2 is 2.18 bits per heavy atom. The fourth-order valence-corrected chi connectivity index (χ4v) is 2.45. The maximum Gasteiger partial charge on any atom is 0.325 e. The van der Waals surface area contributed by atoms with E-state index in [-0.39, 0.29) is 12.5 Å². The van der Waals surface area contributed by atoms with Gasteiger partial charge in [0.15, 0.2) is 0 Å². The molecule has 0 N–H and O–H groups in total. The largest absolute Gasteiger partial charge is 0.325 e. The first-order valence-corrected chi connectivity index (χ1v) is 5.39. The number of benzene rings is 1. The molecule has 0 aromatic heterocycles. The molecule has 2 unspecified atom stereocenters. The highest BCUT2D eigenvalue weighted by Gasteiger charge is 2.57. The average Bonchev–Trinajstić information content (AvgIpc) is 2.69. The summed E-state index contributed by atoms with van der Waals surface area (Å²) < 4.78 is 0. The topological polar surface area (TPSA) is 70.2 Å². The molecular formula is C12H13N3O2. The van der Waals surface area contributed by atoms with Gasteiger partial charge in [0.1, 0.15) is 6.07 Å². The highest BCUT2D eigenvalue weighted by atomic mass is 16.6. The molecule has 17 heavy (non-hydrogen) atoms. The van der Waals surface area contributed by atoms with Gasteiger partial charge in [0.2, 0.25) is 0 Å². The standard InChI is InChI=1S/C12H13N3O2/c1-14-7-11(10-5-3-2-4-6-10)12(8-13,9-14)15(16)17/h2-6,11H,7,9H2,1H3. The number of likely N-dealkylation sites (tertiary alicyclic amines) is 1. The minimum absolute atomic E-state index is 0.177. The molecule has 1 saturated heterocycles. The van der Waals surface area contributed by atoms with Crippen LogP contribution in [0.3, 0.4) is 0 Å². The van der Waals surface area contributed by atoms with Crippen LogP contribution in [0.25, 0.3) is 0 Å². The Morgan fingerprint density at radius 3 is 2.71 bits per heavy atom. The van der Waals surface area contributed by atoms with Crippen molar-refractivity contribution in [3.05, 3.63) is 46.0 Å². The van der Waals surface area contributed by atoms with E-state index in [4.69, 9.17) is 0 Å². The molecule has 5 heteroatoms. The Balaban J connectivity index is 2.46. The van der Waals surface area contributed by atoms with Crippen LogP contribution in [-0.2, 0) is 0 Å². The third-order valence-electron chi connectivity index (χ3n) is 3.30. The third-order valence-corrected chi connectivity index (χ3v) is 3.30. The second kappa shape index (κ2) is 4.15. The Morgan fingerprint density at radius 1 is 1.53 bits per heavy atom. The summed E-state index contributed by atoms with van der Waals surface area (Å²) in [4.78, 5) is 12.6. The highest BCUT2D eigenvalue weighted by Crippen LogP contribution is 2.37. The van der Waals surface area contributed by atoms with Crippen LogP contribution in [0.4, 0.5) is 0 Å². The first-order chi connectivity index (χ1) is 8.10. The number of hydrogen-bond acceptors (Lipinski definition) is 4. The van der Waals surface area contributed by atoms with E-state index >= 15 is 0 Å². The van der Waals surface area contributed by atoms with E-state index in [1.165, 1.54) is 0 Å². The van der Waals surface area contributed by atoms with Crippen molar-refractivity contribution in [1.29, 1.82) is 5.26 Å². The average molecular weight is 231 g/mol. The molecule has 5 nitrogen and oxygen atoms in total. The van der Waals surface area contributed by atoms with Gasteiger partial charge in [0.25, 0.3) is 0 Å². The summed E-state index contributed by atoms with van der Waals surface area (Å²) in [5.74, 6) is -0.367. The van der Waals surface area contributed by atoms with Crippen LogP contribution in [0.2, 0.25) is 0 Å². The van der Waals surface area contributed by atoms with Gasteiger partial charge in [-0.1, -0.05) is 30.3 Å². The van der Waals surface area contributed by atoms with Crippen molar-refractivity contribution >= 4 is 0 Å². The number of likely N-dealkylation sites (N-methyl/N-ethyl adjacent to an activating group) is 1. The van der Waals surface area contributed by atoms with Gasteiger partial charge in [0, 0.05) is 11.5 Å². The quantitative estimate of drug-likeness (QED) is 0.567. The second-order valence-electron chi connectivity index (χ2n) is 4.45. The summed E-state index contributed by atoms with van der Waals surface area (Å²) in [6.45, 7) is 0.717. The van der Waals surface area contributed by atoms with Gasteiger partial charge in [-0.05, 0) is 12.6 Å². The molecule has 0 amide bonds. The molecule has 1 aromatic rings. The van der Waals surface area contributed by atoms with Crippen LogP contribution >= 0.6 is 0 Å². The molecule has 0 spiro atoms. The highest BCUT2D eigenvalue weighted by molar-refractivity contribution is 5.30. The van der Waals surface area contributed by atoms with Crippen LogP contribution in [0.5, 0.6) is 0 Å². The van der Waals surface area contributed by atoms with Crippen LogP contribution in [0, 0.1) is 21.4 Å². The van der Waals surface area contributed by atoms with Crippen LogP contribution < -0.4 is 0 Å². The molecule has 1 aliphatic heterocycles. The molecule has 0 bridgehead atoms. The smallest absolute Gasteiger partial charge is 0.298 e. The maximum absolute atomic E-state index is 11.2. The van der Waals surface area contributed by atoms with Crippen molar-refractivity contribution in [2.24, 2.45) is 0 Å². The number of hydrogen-bond donors (Lipinski definition) is 0. The zero-order chi connectivity index (χ0) is 12.5. The number of nitrogens with zero attached hydrogens (tertiary/aromatic N) is 3. The molecule has 1 fully saturated rings. The lowest BCUT2D eigenvalue weighted by Crippen LogP contribution is -2.43. The number of rotatable bonds is 2. The normalized spacial score (nSPS) is 28.8. The zero-order valence-electron chi connectivity index (χ0n) is 9.54. The summed E-state index contributed by atoms with van der Waals surface area (Å²) in [7, 11) is 1.80. The Bertz CT molecular complexity index is 468. The Hall–Kier alpha value is -1.93. The monoisotopic (exact) mass is 231 g/mol. The number of nitriles is 1. The van der Waals surface area contributed by atoms with Crippen molar-refractivity contribution in [3.63, 3.8) is 0 Å². The van der Waals surface area contributed by atoms with E-state index in [9.17, 15) is 15.4 Å². The van der Waals surface area contributed by atoms with Gasteiger partial charge in [-0.3, -0.25) is 15.0 Å². The van der Waals surface area contributed by atoms with E-state index in [0.717, 1.165) is 5.56 Å². The minimum Gasteiger partial charge on any atom is -0.298 e. The fourth-order valence-electron chi connectivity index (χ4n) is 2.45. The zero-order valence-corrected chi connectivity index (χ0v) is 9.54. The Kier molecular flexibility index (Phi) is 2.82. The van der Waals surface area contributed by atoms with E-state index < -0.39 is 10.5 Å². The van der Waals surface area contributed by atoms with Gasteiger partial charge in [0.05, 0.1) is 12.5 Å². The molecule has 88 valence electrons. The van der Waals surface area contributed by atoms with Crippen molar-refractivity contribution in [3.8, 4) is 6.07 Å². The Labute approximate surface area is 99.4 Å². The van der Waals surface area contributed by atoms with Gasteiger partial charge in [-0.25, -0.2) is 0 Å². The first-order valence-electron chi connectivity index (χ1n) is 5.39. The molecule has 2 rings (SSSR count). The summed E-state index contributed by atoms with van der Waals surface area (Å²) in [6.07, 6.45) is 0. The van der Waals surface area contributed by atoms with Crippen LogP contribution in [0.15, 0.2) is 30.3 Å². The fraction of sp³-hybridized carbons (Fsp3) is 0.417. The molecular weight excluding hydrogens is 218 g/mol. The summed E-state index contributed by atoms with van der Waals surface area (Å²) in [5.41, 5.74) is -0.661. The van der Waals surface area contributed by atoms with Gasteiger partial charge < -0.3 is 0 Å². The second-order valence-corrected chi connectivity index (χ2v) is 4.45. The molecule has 2 atom stereocenters. The lowest BCUT2D eigenvalue weighted by Gasteiger charge is -2.19. The molecule has 0 saturated carbocycles. The van der Waals surface area contributed by atoms with Crippen molar-refractivity contribution in [2.45, 2.75) is 11.5 Å². The van der Waals surface area contributed by atoms with E-state index in [2.05, 4.69) is 0 Å². The molecule has 1 aromatic carbocycles. The SMILES string of the molecule is CN1CC(c2ccccc2)C(C#N)([N+](=O)[O-])C1. The van der Waals surface area contributed by atoms with Gasteiger partial charge in [-0.15, -0.1) is 0 Å². The summed E-state index contributed by atoms with van der Waals surface area (Å²) >= 11 is 0. The summed E-state index contributed by atoms with van der Waals surface area (Å²) in [6, 6.07) is 11.2. The van der Waals surface area contributed by atoms with Gasteiger partial charge in [-0.2, -0.15) is 5.26 Å². The molecule has 0 aliphatic carbocycles. The van der Waals surface area contributed by atoms with E-state index in [0.29, 0.717) is 6.54 Å². The molecule has 1 heterocycles. The van der Waals surface area contributed by atoms with Crippen molar-refractivity contribution in [1.82, 2.24) is 4.90 Å². The van der Waals surface area contributed by atoms with Crippen molar-refractivity contribution < 1.29 is 4.92 Å². The predicted octanol–water partition coefficient (Wildman–Crippen LogP) is 1.25. The lowest BCUT2D eigenvalue weighted by atomic mass is 9.83. The first kappa shape index (κ1) is 11.6. The predicted molar refractivity (Wildman–Crippen MR) is 62.0 cm³/mol. The molecule has 0 radical (unpaired) electrons. The van der Waals surface area contributed by atoms with Gasteiger partial charge >= 0.3 is 5.54 Å². The summed E-state index contributed by atoms with van der Waals surface area (Å²) in [5, 5.41) is 20.5. The minimum atomic E-state index is -1.52. The van der Waals surface area contributed by atoms with E-state index in [1.54, 1.807) is 7.05 Å². The molecule has 1 aliphatic rings. The lowest BCUT2D eigenvalue weighted by molar-refractivity contribution is -0.550. The van der Waals surface area contributed by atoms with Crippen LogP contribution in [0.1, 0.15) is 11.5 Å². The van der Waals surface area contributed by atoms with Crippen LogP contribution in [-0.4, -0.2) is 35.5 Å². The van der Waals surface area contributed by atoms with Crippen molar-refractivity contribution in [2.75, 3.05) is 20.1 Å². The number of nitro groups is 1. The van der Waals surface area contributed by atoms with E-state index in [1.807, 2.05) is 41.3 Å². The maximum atomic E-state index is 11.2.